The smallest absolute Gasteiger partial charge is 0.280 e. The lowest BCUT2D eigenvalue weighted by atomic mass is 9.99. The van der Waals surface area contributed by atoms with E-state index in [4.69, 9.17) is 19.9 Å². The highest BCUT2D eigenvalue weighted by Crippen LogP contribution is 2.22. The molecule has 0 spiro atoms. The minimum absolute atomic E-state index is 0.0464. The number of aliphatic hydroxyl groups excluding tert-OH is 3. The van der Waals surface area contributed by atoms with Crippen molar-refractivity contribution in [3.05, 3.63) is 16.7 Å². The minimum atomic E-state index is -1.43. The number of H-pyrrole nitrogens is 1. The van der Waals surface area contributed by atoms with E-state index in [9.17, 15) is 20.1 Å². The van der Waals surface area contributed by atoms with Crippen molar-refractivity contribution in [3.63, 3.8) is 0 Å². The van der Waals surface area contributed by atoms with E-state index in [0.717, 1.165) is 0 Å². The van der Waals surface area contributed by atoms with E-state index in [1.165, 1.54) is 18.0 Å². The Morgan fingerprint density at radius 3 is 2.84 bits per heavy atom. The highest BCUT2D eigenvalue weighted by molar-refractivity contribution is 5.70. The maximum Gasteiger partial charge on any atom is 0.280 e. The SMILES string of the molecule is CO[C@H]1O[C@H](COCn2cnc3c(=O)[nH]c(N)nc32)[C@@H](O)[C@H](O)[C@H]1O. The summed E-state index contributed by atoms with van der Waals surface area (Å²) in [7, 11) is 1.31. The molecule has 1 aliphatic rings. The quantitative estimate of drug-likeness (QED) is 0.373. The average Bonchev–Trinajstić information content (AvgIpc) is 2.98. The number of nitrogens with zero attached hydrogens (tertiary/aromatic N) is 3. The number of aromatic nitrogens is 4. The monoisotopic (exact) mass is 357 g/mol. The molecule has 12 heteroatoms. The van der Waals surface area contributed by atoms with Crippen molar-refractivity contribution in [1.29, 1.82) is 0 Å². The number of imidazole rings is 1. The fraction of sp³-hybridized carbons (Fsp3) is 0.615. The minimum Gasteiger partial charge on any atom is -0.387 e. The lowest BCUT2D eigenvalue weighted by molar-refractivity contribution is -0.297. The second-order valence-corrected chi connectivity index (χ2v) is 5.59. The molecule has 3 heterocycles. The molecule has 25 heavy (non-hydrogen) atoms. The van der Waals surface area contributed by atoms with Gasteiger partial charge in [0.15, 0.2) is 17.5 Å². The molecule has 0 aromatic carbocycles. The van der Waals surface area contributed by atoms with Gasteiger partial charge in [0.2, 0.25) is 5.95 Å². The summed E-state index contributed by atoms with van der Waals surface area (Å²) < 4.78 is 17.2. The van der Waals surface area contributed by atoms with Gasteiger partial charge in [0.1, 0.15) is 31.1 Å². The van der Waals surface area contributed by atoms with Crippen LogP contribution < -0.4 is 11.3 Å². The predicted molar refractivity (Wildman–Crippen MR) is 82.2 cm³/mol. The Morgan fingerprint density at radius 2 is 2.12 bits per heavy atom. The molecule has 0 amide bonds. The molecule has 3 rings (SSSR count). The fourth-order valence-corrected chi connectivity index (χ4v) is 2.58. The molecule has 0 aliphatic carbocycles. The highest BCUT2D eigenvalue weighted by Gasteiger charge is 2.43. The number of methoxy groups -OCH3 is 1. The molecule has 5 atom stereocenters. The summed E-state index contributed by atoms with van der Waals surface area (Å²) >= 11 is 0. The van der Waals surface area contributed by atoms with E-state index in [0.29, 0.717) is 0 Å². The van der Waals surface area contributed by atoms with Crippen molar-refractivity contribution in [2.24, 2.45) is 0 Å². The van der Waals surface area contributed by atoms with Crippen molar-refractivity contribution in [2.45, 2.75) is 37.4 Å². The molecule has 12 nitrogen and oxygen atoms in total. The van der Waals surface area contributed by atoms with Crippen LogP contribution in [0.25, 0.3) is 11.2 Å². The first-order valence-corrected chi connectivity index (χ1v) is 7.43. The number of nitrogens with one attached hydrogen (secondary N) is 1. The number of rotatable bonds is 5. The molecule has 138 valence electrons. The van der Waals surface area contributed by atoms with Crippen LogP contribution in [0.5, 0.6) is 0 Å². The van der Waals surface area contributed by atoms with Crippen molar-refractivity contribution >= 4 is 17.1 Å². The normalized spacial score (nSPS) is 30.0. The zero-order valence-electron chi connectivity index (χ0n) is 13.3. The van der Waals surface area contributed by atoms with Gasteiger partial charge in [0, 0.05) is 7.11 Å². The van der Waals surface area contributed by atoms with Gasteiger partial charge in [0.25, 0.3) is 5.56 Å². The van der Waals surface area contributed by atoms with Gasteiger partial charge >= 0.3 is 0 Å². The Kier molecular flexibility index (Phi) is 4.99. The number of ether oxygens (including phenoxy) is 3. The fourth-order valence-electron chi connectivity index (χ4n) is 2.58. The molecule has 1 aliphatic heterocycles. The maximum atomic E-state index is 11.7. The summed E-state index contributed by atoms with van der Waals surface area (Å²) in [6.45, 7) is -0.154. The first-order chi connectivity index (χ1) is 11.9. The molecule has 0 unspecified atom stereocenters. The number of aliphatic hydroxyl groups is 3. The van der Waals surface area contributed by atoms with Crippen LogP contribution in [0.3, 0.4) is 0 Å². The van der Waals surface area contributed by atoms with Crippen LogP contribution >= 0.6 is 0 Å². The molecule has 0 bridgehead atoms. The van der Waals surface area contributed by atoms with Crippen LogP contribution in [0.15, 0.2) is 11.1 Å². The van der Waals surface area contributed by atoms with E-state index in [2.05, 4.69) is 15.0 Å². The van der Waals surface area contributed by atoms with Crippen LogP contribution in [0.1, 0.15) is 0 Å². The van der Waals surface area contributed by atoms with Crippen LogP contribution in [-0.4, -0.2) is 79.3 Å². The molecule has 2 aromatic heterocycles. The third kappa shape index (κ3) is 3.35. The first kappa shape index (κ1) is 17.7. The third-order valence-corrected chi connectivity index (χ3v) is 3.91. The average molecular weight is 357 g/mol. The predicted octanol–water partition coefficient (Wildman–Crippen LogP) is -2.87. The van der Waals surface area contributed by atoms with E-state index in [1.54, 1.807) is 0 Å². The lowest BCUT2D eigenvalue weighted by Gasteiger charge is -2.39. The number of hydrogen-bond acceptors (Lipinski definition) is 10. The van der Waals surface area contributed by atoms with Gasteiger partial charge in [-0.2, -0.15) is 4.98 Å². The summed E-state index contributed by atoms with van der Waals surface area (Å²) in [6.07, 6.45) is -4.78. The Bertz CT molecular complexity index is 791. The zero-order chi connectivity index (χ0) is 18.1. The zero-order valence-corrected chi connectivity index (χ0v) is 13.3. The molecular weight excluding hydrogens is 338 g/mol. The first-order valence-electron chi connectivity index (χ1n) is 7.43. The summed E-state index contributed by atoms with van der Waals surface area (Å²) in [4.78, 5) is 22.0. The number of hydrogen-bond donors (Lipinski definition) is 5. The Morgan fingerprint density at radius 1 is 1.36 bits per heavy atom. The summed E-state index contributed by atoms with van der Waals surface area (Å²) in [5, 5.41) is 29.5. The third-order valence-electron chi connectivity index (χ3n) is 3.91. The second-order valence-electron chi connectivity index (χ2n) is 5.59. The van der Waals surface area contributed by atoms with Crippen molar-refractivity contribution in [2.75, 3.05) is 19.5 Å². The van der Waals surface area contributed by atoms with Crippen LogP contribution in [0, 0.1) is 0 Å². The summed E-state index contributed by atoms with van der Waals surface area (Å²) in [5.41, 5.74) is 5.41. The molecular formula is C13H19N5O7. The van der Waals surface area contributed by atoms with Crippen molar-refractivity contribution in [1.82, 2.24) is 19.5 Å². The van der Waals surface area contributed by atoms with Gasteiger partial charge in [-0.15, -0.1) is 0 Å². The van der Waals surface area contributed by atoms with Gasteiger partial charge in [0.05, 0.1) is 12.9 Å². The van der Waals surface area contributed by atoms with E-state index < -0.39 is 36.3 Å². The van der Waals surface area contributed by atoms with Gasteiger partial charge in [-0.3, -0.25) is 14.3 Å². The molecule has 2 aromatic rings. The number of nitrogens with two attached hydrogens (primary N) is 1. The molecule has 1 saturated heterocycles. The van der Waals surface area contributed by atoms with Crippen molar-refractivity contribution in [3.8, 4) is 0 Å². The summed E-state index contributed by atoms with van der Waals surface area (Å²) in [6, 6.07) is 0. The van der Waals surface area contributed by atoms with Gasteiger partial charge in [-0.05, 0) is 0 Å². The van der Waals surface area contributed by atoms with E-state index in [1.807, 2.05) is 0 Å². The molecule has 1 fully saturated rings. The molecule has 6 N–H and O–H groups in total. The number of nitrogen functional groups attached to an aromatic ring is 1. The van der Waals surface area contributed by atoms with Gasteiger partial charge < -0.3 is 35.3 Å². The lowest BCUT2D eigenvalue weighted by Crippen LogP contribution is -2.59. The number of aromatic amines is 1. The van der Waals surface area contributed by atoms with Crippen molar-refractivity contribution < 1.29 is 29.5 Å². The largest absolute Gasteiger partial charge is 0.387 e. The van der Waals surface area contributed by atoms with E-state index in [-0.39, 0.29) is 30.4 Å². The van der Waals surface area contributed by atoms with Crippen LogP contribution in [0.2, 0.25) is 0 Å². The Labute approximate surface area is 140 Å². The van der Waals surface area contributed by atoms with Gasteiger partial charge in [-0.1, -0.05) is 0 Å². The Hall–Kier alpha value is -2.09. The van der Waals surface area contributed by atoms with E-state index >= 15 is 0 Å². The molecule has 0 radical (unpaired) electrons. The maximum absolute atomic E-state index is 11.7. The van der Waals surface area contributed by atoms with Crippen LogP contribution in [-0.2, 0) is 20.9 Å². The topological polar surface area (TPSA) is 178 Å². The van der Waals surface area contributed by atoms with Gasteiger partial charge in [-0.25, -0.2) is 4.98 Å². The second kappa shape index (κ2) is 7.03. The number of fused-ring (bicyclic) bond motifs is 1. The summed E-state index contributed by atoms with van der Waals surface area (Å²) in [5.74, 6) is -0.0506. The molecule has 0 saturated carbocycles. The number of anilines is 1. The van der Waals surface area contributed by atoms with Crippen LogP contribution in [0.4, 0.5) is 5.95 Å². The Balaban J connectivity index is 1.66. The standard InChI is InChI=1S/C13H19N5O7/c1-23-12-9(21)8(20)7(19)5(25-12)2-24-4-18-3-15-6-10(18)16-13(14)17-11(6)22/h3,5,7-9,12,19-21H,2,4H2,1H3,(H3,14,16,17,22)/t5-,7-,8+,9-,12+/m1/s1. The highest BCUT2D eigenvalue weighted by atomic mass is 16.7.